The van der Waals surface area contributed by atoms with Crippen molar-refractivity contribution in [1.29, 1.82) is 0 Å². The number of benzene rings is 1. The number of aromatic nitrogens is 2. The molecule has 0 radical (unpaired) electrons. The maximum atomic E-state index is 12.0. The third kappa shape index (κ3) is 2.03. The van der Waals surface area contributed by atoms with Gasteiger partial charge in [0.25, 0.3) is 0 Å². The number of nitrogens with two attached hydrogens (primary N) is 1. The molecule has 1 aromatic carbocycles. The molecule has 3 heterocycles. The molecule has 0 fully saturated rings. The van der Waals surface area contributed by atoms with Crippen molar-refractivity contribution >= 4 is 33.3 Å². The molecule has 0 aliphatic carbocycles. The number of amides is 1. The fourth-order valence-electron chi connectivity index (χ4n) is 3.01. The van der Waals surface area contributed by atoms with E-state index in [9.17, 15) is 4.79 Å². The molecule has 0 spiro atoms. The second kappa shape index (κ2) is 5.06. The van der Waals surface area contributed by atoms with Gasteiger partial charge in [-0.2, -0.15) is 0 Å². The number of carbonyl (C=O) groups is 1. The van der Waals surface area contributed by atoms with Gasteiger partial charge in [-0.15, -0.1) is 11.3 Å². The Labute approximate surface area is 131 Å². The summed E-state index contributed by atoms with van der Waals surface area (Å²) in [6, 6.07) is 9.77. The first-order chi connectivity index (χ1) is 10.7. The molecule has 6 heteroatoms. The minimum absolute atomic E-state index is 0.323. The van der Waals surface area contributed by atoms with Crippen molar-refractivity contribution in [3.8, 4) is 0 Å². The van der Waals surface area contributed by atoms with Crippen LogP contribution in [0.4, 0.5) is 5.82 Å². The molecule has 1 aliphatic heterocycles. The van der Waals surface area contributed by atoms with Gasteiger partial charge in [0.1, 0.15) is 23.0 Å². The Morgan fingerprint density at radius 3 is 2.86 bits per heavy atom. The van der Waals surface area contributed by atoms with Crippen LogP contribution in [0.5, 0.6) is 0 Å². The standard InChI is InChI=1S/C16H14N4OS/c17-14(21)13-7-10-3-1-2-4-11(10)8-20(13)15-12-5-6-22-16(12)19-9-18-15/h1-6,9,13H,7-8H2,(H2,17,21)/t13-/m0/s1. The van der Waals surface area contributed by atoms with E-state index in [0.717, 1.165) is 16.0 Å². The molecule has 1 atom stereocenters. The molecular formula is C16H14N4OS. The number of hydrogen-bond acceptors (Lipinski definition) is 5. The van der Waals surface area contributed by atoms with Crippen molar-refractivity contribution < 1.29 is 4.79 Å². The van der Waals surface area contributed by atoms with Crippen LogP contribution in [0.2, 0.25) is 0 Å². The predicted octanol–water partition coefficient (Wildman–Crippen LogP) is 2.11. The molecule has 0 saturated carbocycles. The molecule has 1 amide bonds. The first-order valence-electron chi connectivity index (χ1n) is 7.05. The fourth-order valence-corrected chi connectivity index (χ4v) is 3.73. The van der Waals surface area contributed by atoms with E-state index >= 15 is 0 Å². The third-order valence-electron chi connectivity index (χ3n) is 4.09. The summed E-state index contributed by atoms with van der Waals surface area (Å²) in [6.45, 7) is 0.631. The van der Waals surface area contributed by atoms with Crippen molar-refractivity contribution in [3.63, 3.8) is 0 Å². The molecule has 0 saturated heterocycles. The number of thiophene rings is 1. The van der Waals surface area contributed by atoms with Crippen LogP contribution >= 0.6 is 11.3 Å². The molecule has 3 aromatic rings. The lowest BCUT2D eigenvalue weighted by Crippen LogP contribution is -2.49. The van der Waals surface area contributed by atoms with Gasteiger partial charge in [0.2, 0.25) is 5.91 Å². The molecule has 110 valence electrons. The lowest BCUT2D eigenvalue weighted by molar-refractivity contribution is -0.119. The summed E-state index contributed by atoms with van der Waals surface area (Å²) in [5.41, 5.74) is 8.04. The number of nitrogens with zero attached hydrogens (tertiary/aromatic N) is 3. The Bertz CT molecular complexity index is 860. The Hall–Kier alpha value is -2.47. The summed E-state index contributed by atoms with van der Waals surface area (Å²) in [5, 5.41) is 2.96. The first-order valence-corrected chi connectivity index (χ1v) is 7.93. The van der Waals surface area contributed by atoms with E-state index in [1.807, 2.05) is 28.5 Å². The number of fused-ring (bicyclic) bond motifs is 2. The van der Waals surface area contributed by atoms with Gasteiger partial charge >= 0.3 is 0 Å². The lowest BCUT2D eigenvalue weighted by atomic mass is 9.93. The van der Waals surface area contributed by atoms with Crippen LogP contribution in [0, 0.1) is 0 Å². The molecule has 5 nitrogen and oxygen atoms in total. The van der Waals surface area contributed by atoms with Crippen LogP contribution in [-0.4, -0.2) is 21.9 Å². The largest absolute Gasteiger partial charge is 0.368 e. The molecule has 0 bridgehead atoms. The summed E-state index contributed by atoms with van der Waals surface area (Å²) in [7, 11) is 0. The zero-order valence-corrected chi connectivity index (χ0v) is 12.6. The zero-order chi connectivity index (χ0) is 15.1. The van der Waals surface area contributed by atoms with E-state index < -0.39 is 0 Å². The van der Waals surface area contributed by atoms with Crippen LogP contribution in [0.15, 0.2) is 42.0 Å². The highest BCUT2D eigenvalue weighted by Gasteiger charge is 2.31. The van der Waals surface area contributed by atoms with Crippen molar-refractivity contribution in [2.45, 2.75) is 19.0 Å². The summed E-state index contributed by atoms with van der Waals surface area (Å²) < 4.78 is 0. The minimum atomic E-state index is -0.382. The second-order valence-electron chi connectivity index (χ2n) is 5.36. The van der Waals surface area contributed by atoms with Crippen molar-refractivity contribution in [3.05, 3.63) is 53.2 Å². The highest BCUT2D eigenvalue weighted by molar-refractivity contribution is 7.16. The first kappa shape index (κ1) is 13.2. The molecule has 22 heavy (non-hydrogen) atoms. The van der Waals surface area contributed by atoms with E-state index in [1.165, 1.54) is 11.1 Å². The Kier molecular flexibility index (Phi) is 3.04. The number of anilines is 1. The van der Waals surface area contributed by atoms with Gasteiger partial charge in [0.05, 0.1) is 5.39 Å². The lowest BCUT2D eigenvalue weighted by Gasteiger charge is -2.36. The van der Waals surface area contributed by atoms with E-state index in [4.69, 9.17) is 5.73 Å². The number of primary amides is 1. The average Bonchev–Trinajstić information content (AvgIpc) is 3.02. The maximum absolute atomic E-state index is 12.0. The maximum Gasteiger partial charge on any atom is 0.240 e. The molecule has 2 aromatic heterocycles. The fraction of sp³-hybridized carbons (Fsp3) is 0.188. The van der Waals surface area contributed by atoms with E-state index in [1.54, 1.807) is 17.7 Å². The van der Waals surface area contributed by atoms with Crippen LogP contribution in [0.25, 0.3) is 10.2 Å². The topological polar surface area (TPSA) is 72.1 Å². The quantitative estimate of drug-likeness (QED) is 0.787. The van der Waals surface area contributed by atoms with E-state index in [-0.39, 0.29) is 11.9 Å². The summed E-state index contributed by atoms with van der Waals surface area (Å²) in [6.07, 6.45) is 2.16. The van der Waals surface area contributed by atoms with Crippen LogP contribution in [-0.2, 0) is 17.8 Å². The summed E-state index contributed by atoms with van der Waals surface area (Å²) in [4.78, 5) is 23.6. The highest BCUT2D eigenvalue weighted by atomic mass is 32.1. The normalized spacial score (nSPS) is 17.5. The molecular weight excluding hydrogens is 296 g/mol. The van der Waals surface area contributed by atoms with Gasteiger partial charge in [-0.3, -0.25) is 4.79 Å². The van der Waals surface area contributed by atoms with Gasteiger partial charge in [-0.1, -0.05) is 24.3 Å². The second-order valence-corrected chi connectivity index (χ2v) is 6.25. The Morgan fingerprint density at radius 2 is 2.05 bits per heavy atom. The zero-order valence-electron chi connectivity index (χ0n) is 11.8. The molecule has 2 N–H and O–H groups in total. The molecule has 1 aliphatic rings. The van der Waals surface area contributed by atoms with Crippen molar-refractivity contribution in [2.24, 2.45) is 5.73 Å². The van der Waals surface area contributed by atoms with Crippen molar-refractivity contribution in [2.75, 3.05) is 4.90 Å². The number of carbonyl (C=O) groups excluding carboxylic acids is 1. The van der Waals surface area contributed by atoms with Gasteiger partial charge in [-0.25, -0.2) is 9.97 Å². The summed E-state index contributed by atoms with van der Waals surface area (Å²) in [5.74, 6) is 0.459. The summed E-state index contributed by atoms with van der Waals surface area (Å²) >= 11 is 1.57. The minimum Gasteiger partial charge on any atom is -0.368 e. The van der Waals surface area contributed by atoms with Crippen LogP contribution in [0.1, 0.15) is 11.1 Å². The average molecular weight is 310 g/mol. The highest BCUT2D eigenvalue weighted by Crippen LogP contribution is 2.32. The number of rotatable bonds is 2. The molecule has 0 unspecified atom stereocenters. The van der Waals surface area contributed by atoms with E-state index in [2.05, 4.69) is 22.1 Å². The van der Waals surface area contributed by atoms with Crippen LogP contribution < -0.4 is 10.6 Å². The Balaban J connectivity index is 1.85. The van der Waals surface area contributed by atoms with E-state index in [0.29, 0.717) is 13.0 Å². The van der Waals surface area contributed by atoms with Gasteiger partial charge in [0, 0.05) is 13.0 Å². The Morgan fingerprint density at radius 1 is 1.23 bits per heavy atom. The molecule has 4 rings (SSSR count). The predicted molar refractivity (Wildman–Crippen MR) is 86.7 cm³/mol. The number of hydrogen-bond donors (Lipinski definition) is 1. The SMILES string of the molecule is NC(=O)[C@@H]1Cc2ccccc2CN1c1ncnc2sccc12. The van der Waals surface area contributed by atoms with Crippen molar-refractivity contribution in [1.82, 2.24) is 9.97 Å². The van der Waals surface area contributed by atoms with Gasteiger partial charge in [0.15, 0.2) is 0 Å². The third-order valence-corrected chi connectivity index (χ3v) is 4.91. The smallest absolute Gasteiger partial charge is 0.240 e. The van der Waals surface area contributed by atoms with Crippen LogP contribution in [0.3, 0.4) is 0 Å². The van der Waals surface area contributed by atoms with Gasteiger partial charge in [-0.05, 0) is 22.6 Å². The van der Waals surface area contributed by atoms with Gasteiger partial charge < -0.3 is 10.6 Å². The monoisotopic (exact) mass is 310 g/mol.